The number of hydrogen-bond donors (Lipinski definition) is 4. The highest BCUT2D eigenvalue weighted by Gasteiger charge is 2.18. The maximum absolute atomic E-state index is 11.5. The summed E-state index contributed by atoms with van der Waals surface area (Å²) < 4.78 is 10.2. The molecule has 0 saturated heterocycles. The molecule has 2 amide bonds. The predicted octanol–water partition coefficient (Wildman–Crippen LogP) is 2.25. The fourth-order valence-electron chi connectivity index (χ4n) is 1.99. The number of amides is 2. The Hall–Kier alpha value is -2.03. The van der Waals surface area contributed by atoms with Crippen molar-refractivity contribution in [3.63, 3.8) is 0 Å². The highest BCUT2D eigenvalue weighted by Crippen LogP contribution is 2.07. The molecule has 0 bridgehead atoms. The molecule has 0 saturated carbocycles. The van der Waals surface area contributed by atoms with Crippen molar-refractivity contribution >= 4 is 18.2 Å². The maximum Gasteiger partial charge on any atom is 0.407 e. The van der Waals surface area contributed by atoms with Crippen molar-refractivity contribution in [2.45, 2.75) is 78.0 Å². The van der Waals surface area contributed by atoms with Crippen LogP contribution in [0.5, 0.6) is 0 Å². The first-order chi connectivity index (χ1) is 12.3. The van der Waals surface area contributed by atoms with E-state index in [-0.39, 0.29) is 0 Å². The molecule has 0 aliphatic rings. The molecule has 0 aromatic rings. The van der Waals surface area contributed by atoms with Crippen molar-refractivity contribution in [1.82, 2.24) is 16.0 Å². The van der Waals surface area contributed by atoms with E-state index in [4.69, 9.17) is 9.47 Å². The molecule has 27 heavy (non-hydrogen) atoms. The van der Waals surface area contributed by atoms with Crippen LogP contribution in [-0.4, -0.2) is 60.1 Å². The van der Waals surface area contributed by atoms with E-state index in [9.17, 15) is 19.5 Å². The Labute approximate surface area is 161 Å². The Morgan fingerprint density at radius 1 is 0.815 bits per heavy atom. The molecule has 0 aromatic carbocycles. The second kappa shape index (κ2) is 11.6. The number of hydrogen-bond acceptors (Lipinski definition) is 6. The number of carbonyl (C=O) groups excluding carboxylic acids is 2. The van der Waals surface area contributed by atoms with Gasteiger partial charge in [0.2, 0.25) is 0 Å². The van der Waals surface area contributed by atoms with Gasteiger partial charge in [-0.25, -0.2) is 9.59 Å². The lowest BCUT2D eigenvalue weighted by Crippen LogP contribution is -2.40. The maximum atomic E-state index is 11.5. The Bertz CT molecular complexity index is 482. The van der Waals surface area contributed by atoms with E-state index in [1.807, 2.05) is 0 Å². The van der Waals surface area contributed by atoms with Crippen LogP contribution >= 0.6 is 0 Å². The minimum atomic E-state index is -0.952. The molecule has 1 unspecified atom stereocenters. The van der Waals surface area contributed by atoms with E-state index in [0.717, 1.165) is 0 Å². The molecule has 158 valence electrons. The third-order valence-corrected chi connectivity index (χ3v) is 3.05. The fraction of sp³-hybridized carbons (Fsp3) is 0.833. The zero-order chi connectivity index (χ0) is 21.1. The molecular formula is C18H35N3O6. The van der Waals surface area contributed by atoms with E-state index < -0.39 is 35.4 Å². The summed E-state index contributed by atoms with van der Waals surface area (Å²) in [4.78, 5) is 34.3. The minimum Gasteiger partial charge on any atom is -0.480 e. The molecule has 0 aliphatic carbocycles. The number of carbonyl (C=O) groups is 3. The zero-order valence-electron chi connectivity index (χ0n) is 17.3. The fourth-order valence-corrected chi connectivity index (χ4v) is 1.99. The molecule has 0 aliphatic heterocycles. The smallest absolute Gasteiger partial charge is 0.407 e. The van der Waals surface area contributed by atoms with Gasteiger partial charge in [0.05, 0.1) is 0 Å². The summed E-state index contributed by atoms with van der Waals surface area (Å²) in [5, 5.41) is 17.4. The van der Waals surface area contributed by atoms with Crippen LogP contribution in [-0.2, 0) is 14.3 Å². The Kier molecular flexibility index (Phi) is 10.8. The molecule has 0 fully saturated rings. The standard InChI is InChI=1S/C18H35N3O6/c1-17(2,3)26-15(24)20-10-7-9-13(14(22)23)19-11-8-12-21-16(25)27-18(4,5)6/h13,19H,7-12H2,1-6H3,(H,20,24)(H,21,25)(H,22,23). The zero-order valence-corrected chi connectivity index (χ0v) is 17.3. The number of aliphatic carboxylic acids is 1. The average Bonchev–Trinajstić information content (AvgIpc) is 2.44. The van der Waals surface area contributed by atoms with Gasteiger partial charge in [-0.3, -0.25) is 4.79 Å². The SMILES string of the molecule is CC(C)(C)OC(=O)NCCCNC(CCCNC(=O)OC(C)(C)C)C(=O)O. The van der Waals surface area contributed by atoms with Gasteiger partial charge in [-0.05, 0) is 67.3 Å². The highest BCUT2D eigenvalue weighted by molar-refractivity contribution is 5.73. The van der Waals surface area contributed by atoms with Crippen molar-refractivity contribution in [2.24, 2.45) is 0 Å². The molecular weight excluding hydrogens is 354 g/mol. The first-order valence-electron chi connectivity index (χ1n) is 9.20. The molecule has 9 nitrogen and oxygen atoms in total. The van der Waals surface area contributed by atoms with Crippen LogP contribution in [0.4, 0.5) is 9.59 Å². The number of nitrogens with one attached hydrogen (secondary N) is 3. The predicted molar refractivity (Wildman–Crippen MR) is 102 cm³/mol. The number of ether oxygens (including phenoxy) is 2. The van der Waals surface area contributed by atoms with Gasteiger partial charge >= 0.3 is 18.2 Å². The lowest BCUT2D eigenvalue weighted by molar-refractivity contribution is -0.139. The number of carboxylic acid groups (broad SMARTS) is 1. The molecule has 9 heteroatoms. The van der Waals surface area contributed by atoms with Gasteiger partial charge in [-0.2, -0.15) is 0 Å². The number of carboxylic acids is 1. The van der Waals surface area contributed by atoms with E-state index in [0.29, 0.717) is 38.9 Å². The number of rotatable bonds is 10. The lowest BCUT2D eigenvalue weighted by Gasteiger charge is -2.20. The lowest BCUT2D eigenvalue weighted by atomic mass is 10.1. The second-order valence-electron chi connectivity index (χ2n) is 8.20. The van der Waals surface area contributed by atoms with Crippen molar-refractivity contribution < 1.29 is 29.0 Å². The van der Waals surface area contributed by atoms with Crippen LogP contribution in [0.15, 0.2) is 0 Å². The molecule has 0 radical (unpaired) electrons. The third-order valence-electron chi connectivity index (χ3n) is 3.05. The molecule has 0 aromatic heterocycles. The van der Waals surface area contributed by atoms with Gasteiger partial charge in [-0.15, -0.1) is 0 Å². The minimum absolute atomic E-state index is 0.334. The van der Waals surface area contributed by atoms with Crippen molar-refractivity contribution in [1.29, 1.82) is 0 Å². The van der Waals surface area contributed by atoms with Gasteiger partial charge in [-0.1, -0.05) is 0 Å². The molecule has 1 atom stereocenters. The highest BCUT2D eigenvalue weighted by atomic mass is 16.6. The van der Waals surface area contributed by atoms with Crippen molar-refractivity contribution in [2.75, 3.05) is 19.6 Å². The molecule has 0 heterocycles. The monoisotopic (exact) mass is 389 g/mol. The Morgan fingerprint density at radius 2 is 1.26 bits per heavy atom. The average molecular weight is 389 g/mol. The third kappa shape index (κ3) is 15.9. The van der Waals surface area contributed by atoms with Crippen molar-refractivity contribution in [3.8, 4) is 0 Å². The van der Waals surface area contributed by atoms with E-state index in [2.05, 4.69) is 16.0 Å². The summed E-state index contributed by atoms with van der Waals surface area (Å²) in [6.07, 6.45) is 0.421. The molecule has 4 N–H and O–H groups in total. The van der Waals surface area contributed by atoms with Crippen LogP contribution in [0.25, 0.3) is 0 Å². The summed E-state index contributed by atoms with van der Waals surface area (Å²) in [6, 6.07) is -0.716. The quantitative estimate of drug-likeness (QED) is 0.422. The Morgan fingerprint density at radius 3 is 1.67 bits per heavy atom. The van der Waals surface area contributed by atoms with Gasteiger partial charge in [0.1, 0.15) is 17.2 Å². The van der Waals surface area contributed by atoms with E-state index in [1.165, 1.54) is 0 Å². The molecule has 0 spiro atoms. The van der Waals surface area contributed by atoms with Crippen LogP contribution in [0, 0.1) is 0 Å². The van der Waals surface area contributed by atoms with E-state index >= 15 is 0 Å². The number of alkyl carbamates (subject to hydrolysis) is 2. The van der Waals surface area contributed by atoms with Crippen LogP contribution in [0.2, 0.25) is 0 Å². The summed E-state index contributed by atoms with van der Waals surface area (Å²) in [7, 11) is 0. The molecule has 0 rings (SSSR count). The first-order valence-corrected chi connectivity index (χ1v) is 9.20. The summed E-state index contributed by atoms with van der Waals surface area (Å²) in [5.41, 5.74) is -1.12. The topological polar surface area (TPSA) is 126 Å². The van der Waals surface area contributed by atoms with Gasteiger partial charge < -0.3 is 30.5 Å². The van der Waals surface area contributed by atoms with E-state index in [1.54, 1.807) is 41.5 Å². The summed E-state index contributed by atoms with van der Waals surface area (Å²) in [5.74, 6) is -0.952. The van der Waals surface area contributed by atoms with Crippen LogP contribution < -0.4 is 16.0 Å². The van der Waals surface area contributed by atoms with Gasteiger partial charge in [0, 0.05) is 13.1 Å². The normalized spacial score (nSPS) is 12.8. The summed E-state index contributed by atoms with van der Waals surface area (Å²) in [6.45, 7) is 11.8. The van der Waals surface area contributed by atoms with Crippen molar-refractivity contribution in [3.05, 3.63) is 0 Å². The first kappa shape index (κ1) is 25.0. The van der Waals surface area contributed by atoms with Crippen LogP contribution in [0.1, 0.15) is 60.8 Å². The summed E-state index contributed by atoms with van der Waals surface area (Å²) >= 11 is 0. The van der Waals surface area contributed by atoms with Crippen LogP contribution in [0.3, 0.4) is 0 Å². The second-order valence-corrected chi connectivity index (χ2v) is 8.20. The van der Waals surface area contributed by atoms with Gasteiger partial charge in [0.15, 0.2) is 0 Å². The largest absolute Gasteiger partial charge is 0.480 e. The van der Waals surface area contributed by atoms with Gasteiger partial charge in [0.25, 0.3) is 0 Å². The Balaban J connectivity index is 3.94.